The number of piperazine rings is 1. The largest absolute Gasteiger partial charge is 0.355 e. The van der Waals surface area contributed by atoms with E-state index in [1.807, 2.05) is 64.9 Å². The highest BCUT2D eigenvalue weighted by Gasteiger charge is 2.25. The van der Waals surface area contributed by atoms with Crippen molar-refractivity contribution in [1.82, 2.24) is 14.9 Å². The van der Waals surface area contributed by atoms with E-state index in [2.05, 4.69) is 26.3 Å². The van der Waals surface area contributed by atoms with Gasteiger partial charge in [-0.3, -0.25) is 4.79 Å². The van der Waals surface area contributed by atoms with E-state index >= 15 is 0 Å². The summed E-state index contributed by atoms with van der Waals surface area (Å²) in [4.78, 5) is 27.3. The highest BCUT2D eigenvalue weighted by Crippen LogP contribution is 2.28. The summed E-state index contributed by atoms with van der Waals surface area (Å²) in [5, 5.41) is 6.49. The van der Waals surface area contributed by atoms with Gasteiger partial charge < -0.3 is 15.1 Å². The van der Waals surface area contributed by atoms with Crippen LogP contribution in [-0.4, -0.2) is 47.0 Å². The van der Waals surface area contributed by atoms with E-state index in [4.69, 9.17) is 0 Å². The predicted octanol–water partition coefficient (Wildman–Crippen LogP) is 4.40. The Morgan fingerprint density at radius 1 is 0.900 bits per heavy atom. The molecule has 1 aliphatic rings. The van der Waals surface area contributed by atoms with E-state index in [1.54, 1.807) is 17.7 Å². The van der Waals surface area contributed by atoms with Gasteiger partial charge in [0.05, 0.1) is 16.6 Å². The third-order valence-corrected chi connectivity index (χ3v) is 6.14. The molecule has 150 valence electrons. The first-order chi connectivity index (χ1) is 14.8. The molecule has 2 aromatic carbocycles. The van der Waals surface area contributed by atoms with Gasteiger partial charge in [-0.15, -0.1) is 11.3 Å². The van der Waals surface area contributed by atoms with E-state index in [0.717, 1.165) is 40.5 Å². The molecule has 0 bridgehead atoms. The number of hydrogen-bond donors (Lipinski definition) is 1. The summed E-state index contributed by atoms with van der Waals surface area (Å²) >= 11 is 1.62. The van der Waals surface area contributed by atoms with Crippen LogP contribution in [0.5, 0.6) is 0 Å². The lowest BCUT2D eigenvalue weighted by atomic mass is 10.1. The monoisotopic (exact) mass is 415 g/mol. The number of nitrogens with zero attached hydrogens (tertiary/aromatic N) is 4. The number of anilines is 3. The number of nitrogens with one attached hydrogen (secondary N) is 1. The van der Waals surface area contributed by atoms with Gasteiger partial charge >= 0.3 is 0 Å². The average Bonchev–Trinajstić information content (AvgIpc) is 3.29. The zero-order chi connectivity index (χ0) is 20.3. The number of carbonyl (C=O) groups is 1. The van der Waals surface area contributed by atoms with Gasteiger partial charge in [0.25, 0.3) is 5.91 Å². The van der Waals surface area contributed by atoms with Crippen LogP contribution in [0.1, 0.15) is 10.4 Å². The van der Waals surface area contributed by atoms with Gasteiger partial charge in [0, 0.05) is 31.9 Å². The normalized spacial score (nSPS) is 14.1. The maximum absolute atomic E-state index is 13.3. The topological polar surface area (TPSA) is 61.4 Å². The fourth-order valence-electron chi connectivity index (χ4n) is 3.78. The van der Waals surface area contributed by atoms with Gasteiger partial charge in [-0.25, -0.2) is 9.97 Å². The number of carbonyl (C=O) groups excluding carboxylic acids is 1. The van der Waals surface area contributed by atoms with Crippen molar-refractivity contribution in [3.05, 3.63) is 77.9 Å². The quantitative estimate of drug-likeness (QED) is 0.535. The molecule has 30 heavy (non-hydrogen) atoms. The number of amides is 1. The molecule has 3 heterocycles. The summed E-state index contributed by atoms with van der Waals surface area (Å²) in [7, 11) is 0. The van der Waals surface area contributed by atoms with Crippen LogP contribution >= 0.6 is 11.3 Å². The SMILES string of the molecule is O=C(c1ccccc1Nc1ccccc1)N1CCN(c2ncnc3sccc23)CC1. The van der Waals surface area contributed by atoms with Crippen molar-refractivity contribution in [3.8, 4) is 0 Å². The first kappa shape index (κ1) is 18.6. The van der Waals surface area contributed by atoms with Crippen LogP contribution in [0.2, 0.25) is 0 Å². The molecule has 0 unspecified atom stereocenters. The summed E-state index contributed by atoms with van der Waals surface area (Å²) in [6.45, 7) is 2.83. The van der Waals surface area contributed by atoms with E-state index in [0.29, 0.717) is 18.7 Å². The van der Waals surface area contributed by atoms with Crippen molar-refractivity contribution in [2.75, 3.05) is 36.4 Å². The lowest BCUT2D eigenvalue weighted by molar-refractivity contribution is 0.0747. The molecule has 7 heteroatoms. The van der Waals surface area contributed by atoms with E-state index in [-0.39, 0.29) is 5.91 Å². The Kier molecular flexibility index (Phi) is 5.03. The Morgan fingerprint density at radius 3 is 2.50 bits per heavy atom. The Bertz CT molecular complexity index is 1170. The lowest BCUT2D eigenvalue weighted by Crippen LogP contribution is -2.49. The second-order valence-corrected chi connectivity index (χ2v) is 8.05. The molecule has 1 saturated heterocycles. The average molecular weight is 416 g/mol. The van der Waals surface area contributed by atoms with E-state index in [9.17, 15) is 4.79 Å². The number of rotatable bonds is 4. The summed E-state index contributed by atoms with van der Waals surface area (Å²) < 4.78 is 0. The Balaban J connectivity index is 1.31. The zero-order valence-electron chi connectivity index (χ0n) is 16.4. The van der Waals surface area contributed by atoms with Gasteiger partial charge in [-0.2, -0.15) is 0 Å². The lowest BCUT2D eigenvalue weighted by Gasteiger charge is -2.36. The van der Waals surface area contributed by atoms with Crippen LogP contribution in [-0.2, 0) is 0 Å². The van der Waals surface area contributed by atoms with Gasteiger partial charge in [0.2, 0.25) is 0 Å². The maximum Gasteiger partial charge on any atom is 0.256 e. The Labute approximate surface area is 178 Å². The third kappa shape index (κ3) is 3.59. The van der Waals surface area contributed by atoms with E-state index in [1.165, 1.54) is 0 Å². The summed E-state index contributed by atoms with van der Waals surface area (Å²) in [6, 6.07) is 19.7. The Hall–Kier alpha value is -3.45. The van der Waals surface area contributed by atoms with Gasteiger partial charge in [0.15, 0.2) is 0 Å². The molecule has 2 aromatic heterocycles. The fourth-order valence-corrected chi connectivity index (χ4v) is 4.50. The van der Waals surface area contributed by atoms with Crippen LogP contribution in [0.4, 0.5) is 17.2 Å². The minimum absolute atomic E-state index is 0.0528. The predicted molar refractivity (Wildman–Crippen MR) is 122 cm³/mol. The molecule has 4 aromatic rings. The van der Waals surface area contributed by atoms with Crippen LogP contribution < -0.4 is 10.2 Å². The first-order valence-electron chi connectivity index (χ1n) is 9.93. The van der Waals surface area contributed by atoms with Crippen molar-refractivity contribution in [2.45, 2.75) is 0 Å². The fraction of sp³-hybridized carbons (Fsp3) is 0.174. The van der Waals surface area contributed by atoms with E-state index < -0.39 is 0 Å². The molecular weight excluding hydrogens is 394 g/mol. The van der Waals surface area contributed by atoms with Crippen LogP contribution in [0.3, 0.4) is 0 Å². The summed E-state index contributed by atoms with van der Waals surface area (Å²) in [5.41, 5.74) is 2.48. The van der Waals surface area contributed by atoms with Gasteiger partial charge in [-0.1, -0.05) is 30.3 Å². The molecule has 1 aliphatic heterocycles. The molecule has 1 N–H and O–H groups in total. The van der Waals surface area contributed by atoms with Gasteiger partial charge in [-0.05, 0) is 35.7 Å². The number of thiophene rings is 1. The highest BCUT2D eigenvalue weighted by atomic mass is 32.1. The molecule has 0 spiro atoms. The molecule has 0 saturated carbocycles. The minimum atomic E-state index is 0.0528. The van der Waals surface area contributed by atoms with Crippen LogP contribution in [0, 0.1) is 0 Å². The molecule has 6 nitrogen and oxygen atoms in total. The molecule has 0 aliphatic carbocycles. The van der Waals surface area contributed by atoms with Gasteiger partial charge in [0.1, 0.15) is 17.0 Å². The van der Waals surface area contributed by atoms with Crippen molar-refractivity contribution in [2.24, 2.45) is 0 Å². The Morgan fingerprint density at radius 2 is 1.67 bits per heavy atom. The molecule has 0 radical (unpaired) electrons. The number of aromatic nitrogens is 2. The van der Waals surface area contributed by atoms with Crippen molar-refractivity contribution >= 4 is 44.7 Å². The van der Waals surface area contributed by atoms with Crippen LogP contribution in [0.25, 0.3) is 10.2 Å². The third-order valence-electron chi connectivity index (χ3n) is 5.32. The second kappa shape index (κ2) is 8.12. The number of hydrogen-bond acceptors (Lipinski definition) is 6. The van der Waals surface area contributed by atoms with Crippen molar-refractivity contribution in [3.63, 3.8) is 0 Å². The molecule has 1 amide bonds. The maximum atomic E-state index is 13.3. The van der Waals surface area contributed by atoms with Crippen molar-refractivity contribution in [1.29, 1.82) is 0 Å². The van der Waals surface area contributed by atoms with Crippen LogP contribution in [0.15, 0.2) is 72.4 Å². The standard InChI is InChI=1S/C23H21N5OS/c29-23(18-8-4-5-9-20(18)26-17-6-2-1-3-7-17)28-13-11-27(12-14-28)21-19-10-15-30-22(19)25-16-24-21/h1-10,15-16,26H,11-14H2. The number of fused-ring (bicyclic) bond motifs is 1. The second-order valence-electron chi connectivity index (χ2n) is 7.15. The minimum Gasteiger partial charge on any atom is -0.355 e. The highest BCUT2D eigenvalue weighted by molar-refractivity contribution is 7.16. The molecule has 0 atom stereocenters. The molecule has 5 rings (SSSR count). The smallest absolute Gasteiger partial charge is 0.256 e. The molecular formula is C23H21N5OS. The summed E-state index contributed by atoms with van der Waals surface area (Å²) in [6.07, 6.45) is 1.62. The number of para-hydroxylation sites is 2. The summed E-state index contributed by atoms with van der Waals surface area (Å²) in [5.74, 6) is 1.01. The molecule has 1 fully saturated rings. The first-order valence-corrected chi connectivity index (χ1v) is 10.8. The number of benzene rings is 2. The van der Waals surface area contributed by atoms with Crippen molar-refractivity contribution < 1.29 is 4.79 Å². The zero-order valence-corrected chi connectivity index (χ0v) is 17.2.